The van der Waals surface area contributed by atoms with Crippen molar-refractivity contribution in [2.75, 3.05) is 31.1 Å². The van der Waals surface area contributed by atoms with E-state index in [1.807, 2.05) is 17.0 Å². The number of halogens is 1. The van der Waals surface area contributed by atoms with Crippen LogP contribution in [-0.4, -0.2) is 53.0 Å². The van der Waals surface area contributed by atoms with Gasteiger partial charge in [0.05, 0.1) is 11.1 Å². The summed E-state index contributed by atoms with van der Waals surface area (Å²) in [6.07, 6.45) is 3.65. The fourth-order valence-corrected chi connectivity index (χ4v) is 8.05. The molecule has 1 amide bonds. The van der Waals surface area contributed by atoms with E-state index in [4.69, 9.17) is 16.7 Å². The molecule has 49 heavy (non-hydrogen) atoms. The number of rotatable bonds is 3. The molecule has 0 saturated carbocycles. The summed E-state index contributed by atoms with van der Waals surface area (Å²) in [7, 11) is 0. The minimum atomic E-state index is -0.940. The Labute approximate surface area is 291 Å². The number of fused-ring (bicyclic) bond motifs is 6. The standard InChI is InChI=1S/C32H33ClN2O.C10H7NO2/c1-21(36)34-13-15-35(16-14-34)24-8-6-7-23(17-24)30-18-22-11-12-26-25-9-4-5-10-27(25)31(33)19-28(26)29(22)20-32(30,2)3;12-10(13)8-5-1-3-7-4-2-6-11-9(7)8/h4-12,17,19,30H,13-16,18,20H2,1-3H3;1-6H,(H,12,13). The number of amides is 1. The smallest absolute Gasteiger partial charge is 0.337 e. The number of anilines is 1. The molecular formula is C42H40ClN3O3. The van der Waals surface area contributed by atoms with Gasteiger partial charge in [0.2, 0.25) is 5.91 Å². The Bertz CT molecular complexity index is 2220. The fraction of sp³-hybridized carbons (Fsp3) is 0.262. The van der Waals surface area contributed by atoms with Crippen LogP contribution in [0.4, 0.5) is 5.69 Å². The highest BCUT2D eigenvalue weighted by Crippen LogP contribution is 2.48. The average molecular weight is 670 g/mol. The van der Waals surface area contributed by atoms with Gasteiger partial charge in [-0.3, -0.25) is 9.78 Å². The Kier molecular flexibility index (Phi) is 8.76. The second-order valence-electron chi connectivity index (χ2n) is 13.9. The molecule has 1 saturated heterocycles. The molecule has 0 spiro atoms. The van der Waals surface area contributed by atoms with Crippen LogP contribution in [0.2, 0.25) is 5.02 Å². The molecule has 1 aromatic heterocycles. The Morgan fingerprint density at radius 2 is 1.53 bits per heavy atom. The van der Waals surface area contributed by atoms with Crippen molar-refractivity contribution in [3.8, 4) is 0 Å². The van der Waals surface area contributed by atoms with Gasteiger partial charge in [0.1, 0.15) is 0 Å². The summed E-state index contributed by atoms with van der Waals surface area (Å²) in [6, 6.07) is 33.2. The summed E-state index contributed by atoms with van der Waals surface area (Å²) < 4.78 is 0. The number of hydrogen-bond donors (Lipinski definition) is 1. The van der Waals surface area contributed by atoms with Crippen LogP contribution >= 0.6 is 11.6 Å². The van der Waals surface area contributed by atoms with E-state index in [-0.39, 0.29) is 16.9 Å². The number of carboxylic acids is 1. The van der Waals surface area contributed by atoms with Crippen molar-refractivity contribution in [2.24, 2.45) is 5.41 Å². The van der Waals surface area contributed by atoms with Crippen molar-refractivity contribution < 1.29 is 14.7 Å². The van der Waals surface area contributed by atoms with Crippen molar-refractivity contribution in [1.82, 2.24) is 9.88 Å². The van der Waals surface area contributed by atoms with E-state index in [2.05, 4.69) is 90.5 Å². The number of carbonyl (C=O) groups is 2. The highest BCUT2D eigenvalue weighted by atomic mass is 35.5. The zero-order valence-corrected chi connectivity index (χ0v) is 28.9. The predicted molar refractivity (Wildman–Crippen MR) is 200 cm³/mol. The van der Waals surface area contributed by atoms with Crippen molar-refractivity contribution in [3.05, 3.63) is 131 Å². The first-order chi connectivity index (χ1) is 23.6. The molecule has 1 atom stereocenters. The van der Waals surface area contributed by atoms with Gasteiger partial charge in [0.15, 0.2) is 0 Å². The number of carboxylic acid groups (broad SMARTS) is 1. The summed E-state index contributed by atoms with van der Waals surface area (Å²) in [5, 5.41) is 15.5. The van der Waals surface area contributed by atoms with Crippen LogP contribution in [0.3, 0.4) is 0 Å². The summed E-state index contributed by atoms with van der Waals surface area (Å²) in [4.78, 5) is 30.9. The first-order valence-electron chi connectivity index (χ1n) is 16.9. The van der Waals surface area contributed by atoms with Crippen LogP contribution in [0.15, 0.2) is 103 Å². The lowest BCUT2D eigenvalue weighted by Crippen LogP contribution is -2.48. The van der Waals surface area contributed by atoms with E-state index >= 15 is 0 Å². The number of hydrogen-bond acceptors (Lipinski definition) is 4. The molecule has 248 valence electrons. The molecule has 2 heterocycles. The maximum atomic E-state index is 11.7. The van der Waals surface area contributed by atoms with E-state index in [1.165, 1.54) is 38.5 Å². The van der Waals surface area contributed by atoms with Gasteiger partial charge in [-0.05, 0) is 87.4 Å². The number of pyridine rings is 1. The van der Waals surface area contributed by atoms with Crippen molar-refractivity contribution in [2.45, 2.75) is 39.5 Å². The van der Waals surface area contributed by atoms with Gasteiger partial charge in [-0.2, -0.15) is 0 Å². The third-order valence-corrected chi connectivity index (χ3v) is 10.7. The van der Waals surface area contributed by atoms with Crippen LogP contribution in [0.5, 0.6) is 0 Å². The maximum absolute atomic E-state index is 11.7. The molecule has 1 aliphatic carbocycles. The van der Waals surface area contributed by atoms with Crippen LogP contribution in [0.1, 0.15) is 53.7 Å². The topological polar surface area (TPSA) is 73.7 Å². The number of para-hydroxylation sites is 1. The van der Waals surface area contributed by atoms with Gasteiger partial charge in [-0.15, -0.1) is 0 Å². The molecule has 1 fully saturated rings. The molecule has 5 aromatic carbocycles. The van der Waals surface area contributed by atoms with Gasteiger partial charge in [-0.1, -0.05) is 92.2 Å². The number of benzene rings is 5. The van der Waals surface area contributed by atoms with E-state index in [9.17, 15) is 9.59 Å². The van der Waals surface area contributed by atoms with E-state index in [0.717, 1.165) is 54.8 Å². The minimum absolute atomic E-state index is 0.116. The molecule has 1 N–H and O–H groups in total. The number of aromatic carboxylic acids is 1. The summed E-state index contributed by atoms with van der Waals surface area (Å²) in [6.45, 7) is 9.87. The zero-order valence-electron chi connectivity index (χ0n) is 28.1. The Morgan fingerprint density at radius 1 is 0.816 bits per heavy atom. The molecule has 6 nitrogen and oxygen atoms in total. The van der Waals surface area contributed by atoms with Gasteiger partial charge >= 0.3 is 5.97 Å². The quantitative estimate of drug-likeness (QED) is 0.190. The minimum Gasteiger partial charge on any atom is -0.478 e. The summed E-state index contributed by atoms with van der Waals surface area (Å²) >= 11 is 6.77. The number of carbonyl (C=O) groups excluding carboxylic acids is 1. The normalized spacial score (nSPS) is 17.0. The number of nitrogens with zero attached hydrogens (tertiary/aromatic N) is 3. The highest BCUT2D eigenvalue weighted by Gasteiger charge is 2.37. The largest absolute Gasteiger partial charge is 0.478 e. The molecule has 0 radical (unpaired) electrons. The molecule has 7 heteroatoms. The number of aromatic nitrogens is 1. The van der Waals surface area contributed by atoms with Gasteiger partial charge in [-0.25, -0.2) is 4.79 Å². The highest BCUT2D eigenvalue weighted by molar-refractivity contribution is 6.37. The van der Waals surface area contributed by atoms with Crippen molar-refractivity contribution in [1.29, 1.82) is 0 Å². The summed E-state index contributed by atoms with van der Waals surface area (Å²) in [5.74, 6) is -0.325. The lowest BCUT2D eigenvalue weighted by molar-refractivity contribution is -0.129. The second-order valence-corrected chi connectivity index (χ2v) is 14.3. The van der Waals surface area contributed by atoms with E-state index < -0.39 is 5.97 Å². The van der Waals surface area contributed by atoms with Crippen molar-refractivity contribution >= 4 is 61.6 Å². The molecule has 2 aliphatic rings. The monoisotopic (exact) mass is 669 g/mol. The maximum Gasteiger partial charge on any atom is 0.337 e. The first kappa shape index (κ1) is 32.6. The van der Waals surface area contributed by atoms with E-state index in [0.29, 0.717) is 11.4 Å². The lowest BCUT2D eigenvalue weighted by Gasteiger charge is -2.41. The Morgan fingerprint density at radius 3 is 2.29 bits per heavy atom. The molecule has 6 aromatic rings. The first-order valence-corrected chi connectivity index (χ1v) is 17.3. The molecule has 1 aliphatic heterocycles. The van der Waals surface area contributed by atoms with E-state index in [1.54, 1.807) is 31.3 Å². The van der Waals surface area contributed by atoms with Crippen LogP contribution in [-0.2, 0) is 17.6 Å². The van der Waals surface area contributed by atoms with Gasteiger partial charge in [0, 0.05) is 60.8 Å². The fourth-order valence-electron chi connectivity index (χ4n) is 7.78. The van der Waals surface area contributed by atoms with Crippen LogP contribution < -0.4 is 4.90 Å². The molecule has 8 rings (SSSR count). The molecule has 0 bridgehead atoms. The average Bonchev–Trinajstić information content (AvgIpc) is 3.11. The second kappa shape index (κ2) is 13.2. The summed E-state index contributed by atoms with van der Waals surface area (Å²) in [5.41, 5.74) is 6.49. The third-order valence-electron chi connectivity index (χ3n) is 10.4. The SMILES string of the molecule is CC(=O)N1CCN(c2cccc(C3Cc4ccc5c(cc(Cl)c6ccccc65)c4CC3(C)C)c2)CC1.O=C(O)c1cccc2cccnc12. The van der Waals surface area contributed by atoms with Gasteiger partial charge in [0.25, 0.3) is 0 Å². The van der Waals surface area contributed by atoms with Crippen LogP contribution in [0, 0.1) is 5.41 Å². The van der Waals surface area contributed by atoms with Gasteiger partial charge < -0.3 is 14.9 Å². The van der Waals surface area contributed by atoms with Crippen LogP contribution in [0.25, 0.3) is 32.4 Å². The number of piperazine rings is 1. The Hall–Kier alpha value is -4.94. The molecule has 1 unspecified atom stereocenters. The zero-order chi connectivity index (χ0) is 34.3. The Balaban J connectivity index is 0.000000244. The van der Waals surface area contributed by atoms with Crippen molar-refractivity contribution in [3.63, 3.8) is 0 Å². The third kappa shape index (κ3) is 6.33. The predicted octanol–water partition coefficient (Wildman–Crippen LogP) is 9.16. The lowest BCUT2D eigenvalue weighted by atomic mass is 9.63. The molecular weight excluding hydrogens is 630 g/mol.